The topological polar surface area (TPSA) is 74.4 Å². The van der Waals surface area contributed by atoms with Crippen LogP contribution in [-0.2, 0) is 22.6 Å². The molecule has 0 saturated carbocycles. The Morgan fingerprint density at radius 2 is 1.97 bits per heavy atom. The average Bonchev–Trinajstić information content (AvgIpc) is 3.33. The maximum atomic E-state index is 12.7. The Bertz CT molecular complexity index is 1070. The van der Waals surface area contributed by atoms with Crippen molar-refractivity contribution in [3.63, 3.8) is 0 Å². The SMILES string of the molecule is O=C(NCCc1c[nH]c2ccccc12)C1CCC(=O)N1Cc1ccc(OC(F)F)cc1. The second-order valence-electron chi connectivity index (χ2n) is 7.50. The lowest BCUT2D eigenvalue weighted by Crippen LogP contribution is -2.44. The van der Waals surface area contributed by atoms with Gasteiger partial charge in [0.15, 0.2) is 0 Å². The van der Waals surface area contributed by atoms with E-state index in [-0.39, 0.29) is 24.1 Å². The van der Waals surface area contributed by atoms with Crippen molar-refractivity contribution in [2.24, 2.45) is 0 Å². The van der Waals surface area contributed by atoms with Crippen molar-refractivity contribution >= 4 is 22.7 Å². The van der Waals surface area contributed by atoms with Gasteiger partial charge in [0.1, 0.15) is 11.8 Å². The molecule has 1 atom stereocenters. The van der Waals surface area contributed by atoms with Gasteiger partial charge in [-0.3, -0.25) is 9.59 Å². The van der Waals surface area contributed by atoms with Gasteiger partial charge in [-0.1, -0.05) is 30.3 Å². The standard InChI is InChI=1S/C23H23F2N3O3/c24-23(25)31-17-7-5-15(6-8-17)14-28-20(9-10-21(28)29)22(30)26-12-11-16-13-27-19-4-2-1-3-18(16)19/h1-8,13,20,23,27H,9-12,14H2,(H,26,30). The molecule has 2 aromatic carbocycles. The van der Waals surface area contributed by atoms with Gasteiger partial charge >= 0.3 is 6.61 Å². The molecule has 6 nitrogen and oxygen atoms in total. The van der Waals surface area contributed by atoms with Gasteiger partial charge in [-0.2, -0.15) is 8.78 Å². The molecular formula is C23H23F2N3O3. The van der Waals surface area contributed by atoms with E-state index in [0.29, 0.717) is 25.8 Å². The van der Waals surface area contributed by atoms with Crippen LogP contribution < -0.4 is 10.1 Å². The van der Waals surface area contributed by atoms with Crippen LogP contribution >= 0.6 is 0 Å². The van der Waals surface area contributed by atoms with Crippen LogP contribution in [0.1, 0.15) is 24.0 Å². The zero-order valence-corrected chi connectivity index (χ0v) is 16.8. The summed E-state index contributed by atoms with van der Waals surface area (Å²) >= 11 is 0. The first-order valence-corrected chi connectivity index (χ1v) is 10.2. The maximum Gasteiger partial charge on any atom is 0.387 e. The number of ether oxygens (including phenoxy) is 1. The fourth-order valence-electron chi connectivity index (χ4n) is 3.95. The zero-order valence-electron chi connectivity index (χ0n) is 16.8. The highest BCUT2D eigenvalue weighted by Crippen LogP contribution is 2.23. The zero-order chi connectivity index (χ0) is 21.8. The third kappa shape index (κ3) is 4.84. The minimum absolute atomic E-state index is 0.0538. The van der Waals surface area contributed by atoms with Crippen LogP contribution in [0.3, 0.4) is 0 Å². The summed E-state index contributed by atoms with van der Waals surface area (Å²) in [5, 5.41) is 4.08. The monoisotopic (exact) mass is 427 g/mol. The number of aromatic amines is 1. The number of aromatic nitrogens is 1. The molecule has 0 spiro atoms. The quantitative estimate of drug-likeness (QED) is 0.577. The Morgan fingerprint density at radius 1 is 1.19 bits per heavy atom. The van der Waals surface area contributed by atoms with Crippen molar-refractivity contribution in [3.05, 3.63) is 65.9 Å². The number of amides is 2. The Morgan fingerprint density at radius 3 is 2.74 bits per heavy atom. The first-order valence-electron chi connectivity index (χ1n) is 10.2. The minimum atomic E-state index is -2.89. The van der Waals surface area contributed by atoms with E-state index in [9.17, 15) is 18.4 Å². The van der Waals surface area contributed by atoms with Crippen molar-refractivity contribution in [2.75, 3.05) is 6.54 Å². The summed E-state index contributed by atoms with van der Waals surface area (Å²) in [6, 6.07) is 13.6. The molecule has 31 heavy (non-hydrogen) atoms. The van der Waals surface area contributed by atoms with Gasteiger partial charge < -0.3 is 19.9 Å². The number of hydrogen-bond acceptors (Lipinski definition) is 3. The van der Waals surface area contributed by atoms with E-state index in [4.69, 9.17) is 0 Å². The van der Waals surface area contributed by atoms with Gasteiger partial charge in [0.25, 0.3) is 0 Å². The van der Waals surface area contributed by atoms with Crippen molar-refractivity contribution in [1.29, 1.82) is 0 Å². The molecule has 1 unspecified atom stereocenters. The molecule has 1 saturated heterocycles. The smallest absolute Gasteiger partial charge is 0.387 e. The second kappa shape index (κ2) is 9.16. The van der Waals surface area contributed by atoms with Crippen molar-refractivity contribution in [2.45, 2.75) is 38.5 Å². The number of carbonyl (C=O) groups excluding carboxylic acids is 2. The lowest BCUT2D eigenvalue weighted by molar-refractivity contribution is -0.135. The first-order chi connectivity index (χ1) is 15.0. The molecule has 1 fully saturated rings. The van der Waals surface area contributed by atoms with E-state index in [1.807, 2.05) is 30.5 Å². The summed E-state index contributed by atoms with van der Waals surface area (Å²) in [5.41, 5.74) is 2.93. The molecule has 2 heterocycles. The van der Waals surface area contributed by atoms with Crippen molar-refractivity contribution in [3.8, 4) is 5.75 Å². The van der Waals surface area contributed by atoms with Crippen LogP contribution in [-0.4, -0.2) is 40.9 Å². The molecule has 162 valence electrons. The fourth-order valence-corrected chi connectivity index (χ4v) is 3.95. The fraction of sp³-hybridized carbons (Fsp3) is 0.304. The molecule has 0 aliphatic carbocycles. The Kier molecular flexibility index (Phi) is 6.16. The molecule has 2 amide bonds. The number of nitrogens with zero attached hydrogens (tertiary/aromatic N) is 1. The number of hydrogen-bond donors (Lipinski definition) is 2. The van der Waals surface area contributed by atoms with Crippen molar-refractivity contribution < 1.29 is 23.1 Å². The Labute approximate surface area is 178 Å². The molecule has 2 N–H and O–H groups in total. The van der Waals surface area contributed by atoms with Gasteiger partial charge in [-0.15, -0.1) is 0 Å². The van der Waals surface area contributed by atoms with E-state index < -0.39 is 12.7 Å². The van der Waals surface area contributed by atoms with E-state index >= 15 is 0 Å². The summed E-state index contributed by atoms with van der Waals surface area (Å²) in [6.45, 7) is -2.17. The summed E-state index contributed by atoms with van der Waals surface area (Å²) < 4.78 is 28.9. The van der Waals surface area contributed by atoms with Gasteiger partial charge in [0.05, 0.1) is 0 Å². The third-order valence-electron chi connectivity index (χ3n) is 5.50. The van der Waals surface area contributed by atoms with Crippen LogP contribution in [0.5, 0.6) is 5.75 Å². The van der Waals surface area contributed by atoms with E-state index in [1.54, 1.807) is 17.0 Å². The van der Waals surface area contributed by atoms with E-state index in [0.717, 1.165) is 22.0 Å². The molecule has 0 radical (unpaired) electrons. The summed E-state index contributed by atoms with van der Waals surface area (Å²) in [4.78, 5) is 29.8. The molecule has 8 heteroatoms. The Hall–Kier alpha value is -3.42. The number of nitrogens with one attached hydrogen (secondary N) is 2. The van der Waals surface area contributed by atoms with E-state index in [1.165, 1.54) is 12.1 Å². The predicted molar refractivity (Wildman–Crippen MR) is 112 cm³/mol. The number of H-pyrrole nitrogens is 1. The molecule has 3 aromatic rings. The molecule has 1 aromatic heterocycles. The third-order valence-corrected chi connectivity index (χ3v) is 5.50. The van der Waals surface area contributed by atoms with Gasteiger partial charge in [-0.05, 0) is 42.2 Å². The van der Waals surface area contributed by atoms with Crippen LogP contribution in [0.25, 0.3) is 10.9 Å². The lowest BCUT2D eigenvalue weighted by atomic mass is 10.1. The van der Waals surface area contributed by atoms with Crippen LogP contribution in [0.15, 0.2) is 54.7 Å². The van der Waals surface area contributed by atoms with E-state index in [2.05, 4.69) is 15.0 Å². The first kappa shape index (κ1) is 20.8. The highest BCUT2D eigenvalue weighted by Gasteiger charge is 2.35. The highest BCUT2D eigenvalue weighted by atomic mass is 19.3. The van der Waals surface area contributed by atoms with Gasteiger partial charge in [0, 0.05) is 36.6 Å². The number of rotatable bonds is 8. The van der Waals surface area contributed by atoms with Gasteiger partial charge in [-0.25, -0.2) is 0 Å². The molecule has 0 bridgehead atoms. The highest BCUT2D eigenvalue weighted by molar-refractivity contribution is 5.91. The van der Waals surface area contributed by atoms with Crippen LogP contribution in [0, 0.1) is 0 Å². The predicted octanol–water partition coefficient (Wildman–Crippen LogP) is 3.62. The number of likely N-dealkylation sites (tertiary alicyclic amines) is 1. The van der Waals surface area contributed by atoms with Gasteiger partial charge in [0.2, 0.25) is 11.8 Å². The van der Waals surface area contributed by atoms with Crippen LogP contribution in [0.4, 0.5) is 8.78 Å². The number of fused-ring (bicyclic) bond motifs is 1. The largest absolute Gasteiger partial charge is 0.435 e. The normalized spacial score (nSPS) is 16.3. The van der Waals surface area contributed by atoms with Crippen LogP contribution in [0.2, 0.25) is 0 Å². The molecule has 1 aliphatic heterocycles. The number of halogens is 2. The lowest BCUT2D eigenvalue weighted by Gasteiger charge is -2.24. The summed E-state index contributed by atoms with van der Waals surface area (Å²) in [7, 11) is 0. The molecule has 4 rings (SSSR count). The summed E-state index contributed by atoms with van der Waals surface area (Å²) in [5.74, 6) is -0.217. The maximum absolute atomic E-state index is 12.7. The molecular weight excluding hydrogens is 404 g/mol. The number of alkyl halides is 2. The second-order valence-corrected chi connectivity index (χ2v) is 7.50. The summed E-state index contributed by atoms with van der Waals surface area (Å²) in [6.07, 6.45) is 3.41. The number of benzene rings is 2. The Balaban J connectivity index is 1.34. The van der Waals surface area contributed by atoms with Crippen molar-refractivity contribution in [1.82, 2.24) is 15.2 Å². The number of para-hydroxylation sites is 1. The molecule has 1 aliphatic rings. The minimum Gasteiger partial charge on any atom is -0.435 e. The average molecular weight is 427 g/mol. The number of carbonyl (C=O) groups is 2.